The number of nitrogens with one attached hydrogen (secondary N) is 2. The van der Waals surface area contributed by atoms with Gasteiger partial charge in [0.2, 0.25) is 0 Å². The van der Waals surface area contributed by atoms with Crippen LogP contribution in [0.25, 0.3) is 0 Å². The highest BCUT2D eigenvalue weighted by Gasteiger charge is 2.24. The van der Waals surface area contributed by atoms with Gasteiger partial charge in [0.1, 0.15) is 5.75 Å². The number of ether oxygens (including phenoxy) is 1. The zero-order valence-electron chi connectivity index (χ0n) is 20.8. The third-order valence-corrected chi connectivity index (χ3v) is 6.55. The molecule has 2 N–H and O–H groups in total. The number of rotatable bonds is 7. The van der Waals surface area contributed by atoms with Crippen LogP contribution < -0.4 is 25.2 Å². The molecule has 1 aliphatic heterocycles. The lowest BCUT2D eigenvalue weighted by Crippen LogP contribution is -2.47. The van der Waals surface area contributed by atoms with Gasteiger partial charge in [-0.05, 0) is 62.4 Å². The van der Waals surface area contributed by atoms with Crippen LogP contribution in [0.15, 0.2) is 71.2 Å². The SMILES string of the molecule is COc1ccccc1N1CCN(c2ccc(NC(=O)c3cccc(Br)c3)cc2C(=O)NC(C)C)CC1. The fraction of sp³-hybridized carbons (Fsp3) is 0.286. The Labute approximate surface area is 220 Å². The van der Waals surface area contributed by atoms with E-state index in [1.807, 2.05) is 56.3 Å². The number of hydrogen-bond donors (Lipinski definition) is 2. The van der Waals surface area contributed by atoms with Crippen molar-refractivity contribution in [2.24, 2.45) is 0 Å². The number of methoxy groups -OCH3 is 1. The van der Waals surface area contributed by atoms with Crippen molar-refractivity contribution in [1.82, 2.24) is 5.32 Å². The van der Waals surface area contributed by atoms with Crippen LogP contribution in [0.5, 0.6) is 5.75 Å². The Hall–Kier alpha value is -3.52. The molecule has 4 rings (SSSR count). The Morgan fingerprint density at radius 1 is 0.861 bits per heavy atom. The van der Waals surface area contributed by atoms with Crippen LogP contribution in [0.2, 0.25) is 0 Å². The second-order valence-corrected chi connectivity index (χ2v) is 9.89. The smallest absolute Gasteiger partial charge is 0.255 e. The van der Waals surface area contributed by atoms with Crippen LogP contribution in [-0.2, 0) is 0 Å². The van der Waals surface area contributed by atoms with E-state index in [2.05, 4.69) is 42.4 Å². The number of piperazine rings is 1. The Balaban J connectivity index is 1.55. The average Bonchev–Trinajstić information content (AvgIpc) is 2.88. The maximum Gasteiger partial charge on any atom is 0.255 e. The van der Waals surface area contributed by atoms with E-state index in [-0.39, 0.29) is 17.9 Å². The third kappa shape index (κ3) is 5.99. The highest BCUT2D eigenvalue weighted by Crippen LogP contribution is 2.31. The van der Waals surface area contributed by atoms with Gasteiger partial charge in [-0.1, -0.05) is 34.1 Å². The molecule has 0 saturated carbocycles. The van der Waals surface area contributed by atoms with Gasteiger partial charge in [0, 0.05) is 53.6 Å². The van der Waals surface area contributed by atoms with Crippen LogP contribution in [0, 0.1) is 0 Å². The molecule has 1 saturated heterocycles. The lowest BCUT2D eigenvalue weighted by molar-refractivity contribution is 0.0942. The van der Waals surface area contributed by atoms with Crippen LogP contribution in [0.4, 0.5) is 17.1 Å². The normalized spacial score (nSPS) is 13.5. The van der Waals surface area contributed by atoms with Gasteiger partial charge in [-0.3, -0.25) is 9.59 Å². The summed E-state index contributed by atoms with van der Waals surface area (Å²) in [6, 6.07) is 20.7. The van der Waals surface area contributed by atoms with Gasteiger partial charge in [0.25, 0.3) is 11.8 Å². The molecule has 3 aromatic carbocycles. The molecular formula is C28H31BrN4O3. The Morgan fingerprint density at radius 3 is 2.22 bits per heavy atom. The van der Waals surface area contributed by atoms with E-state index in [1.165, 1.54) is 0 Å². The predicted octanol–water partition coefficient (Wildman–Crippen LogP) is 5.17. The molecule has 7 nitrogen and oxygen atoms in total. The summed E-state index contributed by atoms with van der Waals surface area (Å²) in [5.74, 6) is 0.462. The van der Waals surface area contributed by atoms with Crippen molar-refractivity contribution < 1.29 is 14.3 Å². The van der Waals surface area contributed by atoms with Gasteiger partial charge in [-0.15, -0.1) is 0 Å². The molecule has 0 aromatic heterocycles. The van der Waals surface area contributed by atoms with Gasteiger partial charge < -0.3 is 25.2 Å². The maximum atomic E-state index is 13.2. The molecule has 0 spiro atoms. The van der Waals surface area contributed by atoms with Gasteiger partial charge in [-0.2, -0.15) is 0 Å². The molecule has 8 heteroatoms. The van der Waals surface area contributed by atoms with E-state index in [1.54, 1.807) is 25.3 Å². The van der Waals surface area contributed by atoms with E-state index in [9.17, 15) is 9.59 Å². The van der Waals surface area contributed by atoms with Gasteiger partial charge >= 0.3 is 0 Å². The molecule has 0 bridgehead atoms. The average molecular weight is 551 g/mol. The van der Waals surface area contributed by atoms with Crippen molar-refractivity contribution >= 4 is 44.8 Å². The van der Waals surface area contributed by atoms with E-state index >= 15 is 0 Å². The van der Waals surface area contributed by atoms with Crippen LogP contribution >= 0.6 is 15.9 Å². The lowest BCUT2D eigenvalue weighted by atomic mass is 10.1. The molecule has 0 unspecified atom stereocenters. The fourth-order valence-electron chi connectivity index (χ4n) is 4.32. The first-order valence-electron chi connectivity index (χ1n) is 12.0. The zero-order chi connectivity index (χ0) is 25.7. The summed E-state index contributed by atoms with van der Waals surface area (Å²) in [6.45, 7) is 6.97. The van der Waals surface area contributed by atoms with Crippen LogP contribution in [0.1, 0.15) is 34.6 Å². The van der Waals surface area contributed by atoms with Crippen LogP contribution in [0.3, 0.4) is 0 Å². The minimum absolute atomic E-state index is 0.00680. The number of carbonyl (C=O) groups is 2. The minimum Gasteiger partial charge on any atom is -0.495 e. The Morgan fingerprint density at radius 2 is 1.56 bits per heavy atom. The Bertz CT molecular complexity index is 1240. The van der Waals surface area contributed by atoms with Crippen molar-refractivity contribution in [2.45, 2.75) is 19.9 Å². The quantitative estimate of drug-likeness (QED) is 0.424. The third-order valence-electron chi connectivity index (χ3n) is 6.05. The highest BCUT2D eigenvalue weighted by molar-refractivity contribution is 9.10. The summed E-state index contributed by atoms with van der Waals surface area (Å²) < 4.78 is 6.36. The molecule has 36 heavy (non-hydrogen) atoms. The molecule has 188 valence electrons. The summed E-state index contributed by atoms with van der Waals surface area (Å²) in [4.78, 5) is 30.5. The second-order valence-electron chi connectivity index (χ2n) is 8.97. The van der Waals surface area contributed by atoms with E-state index in [0.29, 0.717) is 16.8 Å². The number of carbonyl (C=O) groups excluding carboxylic acids is 2. The highest BCUT2D eigenvalue weighted by atomic mass is 79.9. The predicted molar refractivity (Wildman–Crippen MR) is 149 cm³/mol. The summed E-state index contributed by atoms with van der Waals surface area (Å²) >= 11 is 3.40. The number of nitrogens with zero attached hydrogens (tertiary/aromatic N) is 2. The minimum atomic E-state index is -0.232. The van der Waals surface area contributed by atoms with Gasteiger partial charge in [0.05, 0.1) is 18.4 Å². The largest absolute Gasteiger partial charge is 0.495 e. The van der Waals surface area contributed by atoms with Crippen molar-refractivity contribution in [2.75, 3.05) is 48.4 Å². The number of anilines is 3. The Kier molecular flexibility index (Phi) is 8.15. The molecule has 1 aliphatic rings. The van der Waals surface area contributed by atoms with E-state index in [4.69, 9.17) is 4.74 Å². The van der Waals surface area contributed by atoms with Crippen molar-refractivity contribution in [3.63, 3.8) is 0 Å². The van der Waals surface area contributed by atoms with Crippen molar-refractivity contribution in [1.29, 1.82) is 0 Å². The summed E-state index contributed by atoms with van der Waals surface area (Å²) in [5.41, 5.74) is 3.58. The topological polar surface area (TPSA) is 73.9 Å². The number of halogens is 1. The number of hydrogen-bond acceptors (Lipinski definition) is 5. The van der Waals surface area contributed by atoms with Gasteiger partial charge in [0.15, 0.2) is 0 Å². The number of amides is 2. The standard InChI is InChI=1S/C28H31BrN4O3/c1-19(2)30-28(35)23-18-22(31-27(34)20-7-6-8-21(29)17-20)11-12-24(23)32-13-15-33(16-14-32)25-9-4-5-10-26(25)36-3/h4-12,17-19H,13-16H2,1-3H3,(H,30,35)(H,31,34). The summed E-state index contributed by atoms with van der Waals surface area (Å²) in [6.07, 6.45) is 0. The summed E-state index contributed by atoms with van der Waals surface area (Å²) in [5, 5.41) is 5.92. The van der Waals surface area contributed by atoms with Crippen LogP contribution in [-0.4, -0.2) is 51.1 Å². The zero-order valence-corrected chi connectivity index (χ0v) is 22.3. The fourth-order valence-corrected chi connectivity index (χ4v) is 4.72. The second kappa shape index (κ2) is 11.5. The maximum absolute atomic E-state index is 13.2. The van der Waals surface area contributed by atoms with E-state index < -0.39 is 0 Å². The molecule has 3 aromatic rings. The van der Waals surface area contributed by atoms with E-state index in [0.717, 1.165) is 47.8 Å². The molecule has 0 aliphatic carbocycles. The lowest BCUT2D eigenvalue weighted by Gasteiger charge is -2.38. The molecule has 1 heterocycles. The first kappa shape index (κ1) is 25.6. The molecule has 0 radical (unpaired) electrons. The monoisotopic (exact) mass is 550 g/mol. The molecule has 1 fully saturated rings. The first-order valence-corrected chi connectivity index (χ1v) is 12.8. The summed E-state index contributed by atoms with van der Waals surface area (Å²) in [7, 11) is 1.69. The van der Waals surface area contributed by atoms with Gasteiger partial charge in [-0.25, -0.2) is 0 Å². The van der Waals surface area contributed by atoms with Crippen molar-refractivity contribution in [3.05, 3.63) is 82.3 Å². The molecule has 2 amide bonds. The molecule has 0 atom stereocenters. The van der Waals surface area contributed by atoms with Crippen molar-refractivity contribution in [3.8, 4) is 5.75 Å². The number of benzene rings is 3. The first-order chi connectivity index (χ1) is 17.4. The number of para-hydroxylation sites is 2. The molecular weight excluding hydrogens is 520 g/mol.